The highest BCUT2D eigenvalue weighted by atomic mass is 32.1. The summed E-state index contributed by atoms with van der Waals surface area (Å²) in [6.45, 7) is 21.7. The minimum atomic E-state index is 0.0650. The summed E-state index contributed by atoms with van der Waals surface area (Å²) >= 11 is 5.10. The zero-order chi connectivity index (χ0) is 23.1. The molecule has 4 nitrogen and oxygen atoms in total. The van der Waals surface area contributed by atoms with Crippen LogP contribution in [0.2, 0.25) is 0 Å². The molecule has 0 aliphatic heterocycles. The molecule has 0 saturated carbocycles. The highest BCUT2D eigenvalue weighted by Gasteiger charge is 2.19. The fraction of sp³-hybridized carbons (Fsp3) is 0.826. The van der Waals surface area contributed by atoms with Crippen molar-refractivity contribution in [3.8, 4) is 0 Å². The Hall–Kier alpha value is -0.780. The molecule has 2 N–H and O–H groups in total. The number of rotatable bonds is 9. The number of aliphatic hydroxyl groups is 1. The fourth-order valence-corrected chi connectivity index (χ4v) is 2.64. The molecule has 0 radical (unpaired) electrons. The maximum Gasteiger partial charge on any atom is 0.204 e. The Balaban J connectivity index is -0.000000277. The van der Waals surface area contributed by atoms with Crippen LogP contribution < -0.4 is 10.7 Å². The Kier molecular flexibility index (Phi) is 32.5. The van der Waals surface area contributed by atoms with Crippen molar-refractivity contribution in [2.75, 3.05) is 39.1 Å². The number of aliphatic hydroxyl groups excluding tert-OH is 1. The second kappa shape index (κ2) is 26.2. The smallest absolute Gasteiger partial charge is 0.204 e. The predicted molar refractivity (Wildman–Crippen MR) is 132 cm³/mol. The first-order valence-corrected chi connectivity index (χ1v) is 11.5. The first-order chi connectivity index (χ1) is 13.4. The highest BCUT2D eigenvalue weighted by molar-refractivity contribution is 7.71. The summed E-state index contributed by atoms with van der Waals surface area (Å²) < 4.78 is 0.492. The van der Waals surface area contributed by atoms with Crippen molar-refractivity contribution in [3.63, 3.8) is 0 Å². The van der Waals surface area contributed by atoms with Crippen molar-refractivity contribution < 1.29 is 5.11 Å². The number of nitrogens with zero attached hydrogens (tertiary/aromatic N) is 1. The second-order valence-electron chi connectivity index (χ2n) is 6.25. The lowest BCUT2D eigenvalue weighted by Gasteiger charge is -2.18. The van der Waals surface area contributed by atoms with E-state index in [1.165, 1.54) is 19.3 Å². The molecule has 1 rings (SSSR count). The molecule has 170 valence electrons. The lowest BCUT2D eigenvalue weighted by Crippen LogP contribution is -2.24. The summed E-state index contributed by atoms with van der Waals surface area (Å²) in [5, 5.41) is 10.3. The number of hydrogen-bond acceptors (Lipinski definition) is 5. The third kappa shape index (κ3) is 16.2. The topological polar surface area (TPSA) is 52.6 Å². The van der Waals surface area contributed by atoms with Gasteiger partial charge in [0.15, 0.2) is 0 Å². The molecule has 1 aromatic carbocycles. The third-order valence-electron chi connectivity index (χ3n) is 3.40. The van der Waals surface area contributed by atoms with Gasteiger partial charge >= 0.3 is 0 Å². The maximum atomic E-state index is 11.6. The molecule has 0 fully saturated rings. The van der Waals surface area contributed by atoms with Crippen LogP contribution in [0.1, 0.15) is 99.5 Å². The molecule has 0 unspecified atom stereocenters. The van der Waals surface area contributed by atoms with Crippen molar-refractivity contribution in [2.45, 2.75) is 93.9 Å². The molecule has 0 aliphatic rings. The fourth-order valence-electron chi connectivity index (χ4n) is 2.35. The minimum absolute atomic E-state index is 0.0650. The molecule has 0 aliphatic carbocycles. The van der Waals surface area contributed by atoms with Gasteiger partial charge in [-0.1, -0.05) is 81.0 Å². The van der Waals surface area contributed by atoms with Gasteiger partial charge in [0.05, 0.1) is 5.69 Å². The average Bonchev–Trinajstić information content (AvgIpc) is 2.71. The molecule has 0 bridgehead atoms. The van der Waals surface area contributed by atoms with Gasteiger partial charge in [0.2, 0.25) is 5.43 Å². The molecule has 28 heavy (non-hydrogen) atoms. The second-order valence-corrected chi connectivity index (χ2v) is 6.65. The first kappa shape index (κ1) is 34.7. The van der Waals surface area contributed by atoms with Gasteiger partial charge in [0.25, 0.3) is 0 Å². The van der Waals surface area contributed by atoms with Crippen LogP contribution in [-0.4, -0.2) is 43.8 Å². The summed E-state index contributed by atoms with van der Waals surface area (Å²) in [6, 6.07) is 0. The molecule has 0 atom stereocenters. The van der Waals surface area contributed by atoms with E-state index < -0.39 is 0 Å². The van der Waals surface area contributed by atoms with E-state index in [4.69, 9.17) is 17.3 Å². The lowest BCUT2D eigenvalue weighted by molar-refractivity contribution is 0.328. The van der Waals surface area contributed by atoms with E-state index in [1.807, 2.05) is 41.5 Å². The van der Waals surface area contributed by atoms with Crippen molar-refractivity contribution >= 4 is 17.9 Å². The van der Waals surface area contributed by atoms with Crippen molar-refractivity contribution in [3.05, 3.63) is 20.3 Å². The van der Waals surface area contributed by atoms with Gasteiger partial charge in [-0.25, -0.2) is 0 Å². The number of anilines is 1. The zero-order valence-electron chi connectivity index (χ0n) is 20.7. The summed E-state index contributed by atoms with van der Waals surface area (Å²) in [5.41, 5.74) is 1.88. The minimum Gasteiger partial charge on any atom is -0.400 e. The number of nitrogens with one attached hydrogen (secondary N) is 1. The zero-order valence-corrected chi connectivity index (χ0v) is 21.6. The Morgan fingerprint density at radius 2 is 1.46 bits per heavy atom. The third-order valence-corrected chi connectivity index (χ3v) is 3.79. The van der Waals surface area contributed by atoms with Gasteiger partial charge in [0.1, 0.15) is 4.51 Å². The predicted octanol–water partition coefficient (Wildman–Crippen LogP) is 6.39. The van der Waals surface area contributed by atoms with E-state index in [2.05, 4.69) is 38.0 Å². The largest absolute Gasteiger partial charge is 0.400 e. The normalized spacial score (nSPS) is 9.21. The summed E-state index contributed by atoms with van der Waals surface area (Å²) in [4.78, 5) is 14.0. The molecule has 0 heterocycles. The summed E-state index contributed by atoms with van der Waals surface area (Å²) in [7, 11) is 3.16. The van der Waals surface area contributed by atoms with Gasteiger partial charge in [-0.05, 0) is 45.3 Å². The van der Waals surface area contributed by atoms with Crippen LogP contribution in [-0.2, 0) is 0 Å². The Morgan fingerprint density at radius 1 is 1.00 bits per heavy atom. The molecule has 0 saturated heterocycles. The summed E-state index contributed by atoms with van der Waals surface area (Å²) in [6.07, 6.45) is 4.74. The van der Waals surface area contributed by atoms with Crippen molar-refractivity contribution in [1.82, 2.24) is 4.90 Å². The van der Waals surface area contributed by atoms with Crippen LogP contribution in [0.15, 0.2) is 4.79 Å². The van der Waals surface area contributed by atoms with E-state index in [0.717, 1.165) is 44.4 Å². The first-order valence-electron chi connectivity index (χ1n) is 11.1. The van der Waals surface area contributed by atoms with Crippen LogP contribution in [0.3, 0.4) is 0 Å². The molecule has 0 spiro atoms. The van der Waals surface area contributed by atoms with Crippen molar-refractivity contribution in [2.24, 2.45) is 0 Å². The molecular weight excluding hydrogens is 368 g/mol. The number of unbranched alkanes of at least 4 members (excludes halogenated alkanes) is 1. The van der Waals surface area contributed by atoms with E-state index in [0.29, 0.717) is 4.51 Å². The van der Waals surface area contributed by atoms with E-state index in [-0.39, 0.29) is 11.3 Å². The maximum absolute atomic E-state index is 11.6. The number of hydrogen-bond donors (Lipinski definition) is 2. The van der Waals surface area contributed by atoms with Crippen LogP contribution in [0.5, 0.6) is 0 Å². The van der Waals surface area contributed by atoms with E-state index >= 15 is 0 Å². The molecular formula is C23H50N2O2S. The monoisotopic (exact) mass is 418 g/mol. The summed E-state index contributed by atoms with van der Waals surface area (Å²) in [5.74, 6) is 0.261. The highest BCUT2D eigenvalue weighted by Crippen LogP contribution is 2.25. The van der Waals surface area contributed by atoms with Crippen LogP contribution in [0.4, 0.5) is 5.69 Å². The van der Waals surface area contributed by atoms with Crippen LogP contribution >= 0.6 is 12.2 Å². The van der Waals surface area contributed by atoms with Gasteiger partial charge in [-0.2, -0.15) is 0 Å². The Bertz CT molecular complexity index is 481. The SMILES string of the molecule is CC.CC.CCC.CCCN(C)CCCCNc1c(C(C)C)c(=O)c1=S.CO. The van der Waals surface area contributed by atoms with Crippen LogP contribution in [0.25, 0.3) is 0 Å². The Labute approximate surface area is 181 Å². The molecule has 0 aromatic heterocycles. The average molecular weight is 419 g/mol. The Morgan fingerprint density at radius 3 is 1.86 bits per heavy atom. The van der Waals surface area contributed by atoms with E-state index in [1.54, 1.807) is 0 Å². The quantitative estimate of drug-likeness (QED) is 0.359. The van der Waals surface area contributed by atoms with Crippen molar-refractivity contribution in [1.29, 1.82) is 0 Å². The molecule has 1 aromatic rings. The standard InChI is InChI=1S/C15H26N2OS.C3H8.2C2H6.CH4O/c1-5-9-17(4)10-7-6-8-16-13-12(11(2)3)14(18)15(13)19;1-3-2;3*1-2/h11,16H,5-10H2,1-4H3;3H2,1-2H3;2*1-2H3;2H,1H3. The van der Waals surface area contributed by atoms with Gasteiger partial charge in [0, 0.05) is 19.2 Å². The van der Waals surface area contributed by atoms with E-state index in [9.17, 15) is 4.79 Å². The lowest BCUT2D eigenvalue weighted by atomic mass is 9.96. The molecule has 5 heteroatoms. The van der Waals surface area contributed by atoms with Gasteiger partial charge < -0.3 is 15.3 Å². The van der Waals surface area contributed by atoms with Gasteiger partial charge in [-0.3, -0.25) is 4.79 Å². The van der Waals surface area contributed by atoms with Gasteiger partial charge in [-0.15, -0.1) is 0 Å². The van der Waals surface area contributed by atoms with Crippen LogP contribution in [0, 0.1) is 4.51 Å². The molecule has 0 amide bonds.